The van der Waals surface area contributed by atoms with Gasteiger partial charge in [0, 0.05) is 10.8 Å². The molecule has 0 saturated heterocycles. The number of pyridine rings is 1. The molecular weight excluding hydrogens is 486 g/mol. The minimum Gasteiger partial charge on any atom is -0.251 e. The zero-order valence-corrected chi connectivity index (χ0v) is 22.5. The van der Waals surface area contributed by atoms with E-state index in [4.69, 9.17) is 15.0 Å². The molecule has 0 atom stereocenters. The lowest BCUT2D eigenvalue weighted by atomic mass is 10.0. The average Bonchev–Trinajstić information content (AvgIpc) is 3.01. The molecule has 3 heteroatoms. The van der Waals surface area contributed by atoms with E-state index in [9.17, 15) is 0 Å². The van der Waals surface area contributed by atoms with Gasteiger partial charge in [0.2, 0.25) is 0 Å². The van der Waals surface area contributed by atoms with Crippen LogP contribution in [0.1, 0.15) is 25.2 Å². The van der Waals surface area contributed by atoms with Gasteiger partial charge in [-0.1, -0.05) is 103 Å². The van der Waals surface area contributed by atoms with E-state index in [0.29, 0.717) is 0 Å². The lowest BCUT2D eigenvalue weighted by Crippen LogP contribution is -2.05. The van der Waals surface area contributed by atoms with Crippen LogP contribution in [0.25, 0.3) is 43.1 Å². The molecule has 1 heterocycles. The molecule has 7 rings (SSSR count). The Morgan fingerprint density at radius 1 is 0.425 bits per heavy atom. The predicted molar refractivity (Wildman–Crippen MR) is 171 cm³/mol. The first-order valence-corrected chi connectivity index (χ1v) is 13.5. The van der Waals surface area contributed by atoms with Gasteiger partial charge in [0.1, 0.15) is 0 Å². The molecular formula is C37H27N3. The predicted octanol–water partition coefficient (Wildman–Crippen LogP) is 9.98. The van der Waals surface area contributed by atoms with E-state index in [1.807, 2.05) is 32.0 Å². The molecule has 40 heavy (non-hydrogen) atoms. The minimum absolute atomic E-state index is 0.840. The van der Waals surface area contributed by atoms with Crippen LogP contribution in [0.15, 0.2) is 137 Å². The van der Waals surface area contributed by atoms with Gasteiger partial charge in [0.25, 0.3) is 0 Å². The molecule has 190 valence electrons. The Balaban J connectivity index is 1.30. The highest BCUT2D eigenvalue weighted by Gasteiger charge is 2.10. The van der Waals surface area contributed by atoms with Crippen molar-refractivity contribution in [2.45, 2.75) is 13.8 Å². The Hall–Kier alpha value is -5.15. The Kier molecular flexibility index (Phi) is 5.90. The first kappa shape index (κ1) is 23.9. The van der Waals surface area contributed by atoms with E-state index in [2.05, 4.69) is 109 Å². The molecule has 0 bridgehead atoms. The maximum atomic E-state index is 5.08. The molecule has 0 spiro atoms. The third-order valence-electron chi connectivity index (χ3n) is 7.56. The molecule has 7 aromatic rings. The molecule has 0 radical (unpaired) electrons. The topological polar surface area (TPSA) is 37.6 Å². The maximum absolute atomic E-state index is 5.08. The van der Waals surface area contributed by atoms with Crippen LogP contribution in [-0.2, 0) is 0 Å². The van der Waals surface area contributed by atoms with Crippen molar-refractivity contribution in [3.8, 4) is 0 Å². The summed E-state index contributed by atoms with van der Waals surface area (Å²) in [6.45, 7) is 4.05. The van der Waals surface area contributed by atoms with E-state index in [-0.39, 0.29) is 0 Å². The summed E-state index contributed by atoms with van der Waals surface area (Å²) in [4.78, 5) is 15.2. The molecule has 0 saturated carbocycles. The summed E-state index contributed by atoms with van der Waals surface area (Å²) < 4.78 is 0. The minimum atomic E-state index is 0.840. The molecule has 3 nitrogen and oxygen atoms in total. The average molecular weight is 514 g/mol. The summed E-state index contributed by atoms with van der Waals surface area (Å²) in [5.41, 5.74) is 5.32. The quantitative estimate of drug-likeness (QED) is 0.170. The Morgan fingerprint density at radius 3 is 1.25 bits per heavy atom. The first-order chi connectivity index (χ1) is 19.7. The largest absolute Gasteiger partial charge is 0.251 e. The van der Waals surface area contributed by atoms with Gasteiger partial charge < -0.3 is 0 Å². The van der Waals surface area contributed by atoms with E-state index in [0.717, 1.165) is 45.0 Å². The van der Waals surface area contributed by atoms with E-state index in [1.54, 1.807) is 0 Å². The van der Waals surface area contributed by atoms with Crippen molar-refractivity contribution >= 4 is 65.9 Å². The smallest absolute Gasteiger partial charge is 0.0849 e. The second-order valence-electron chi connectivity index (χ2n) is 10.1. The summed E-state index contributed by atoms with van der Waals surface area (Å²) in [6, 6.07) is 44.3. The second kappa shape index (κ2) is 9.87. The molecule has 1 aromatic heterocycles. The number of rotatable bonds is 4. The van der Waals surface area contributed by atoms with Crippen LogP contribution in [0.5, 0.6) is 0 Å². The van der Waals surface area contributed by atoms with Crippen molar-refractivity contribution in [2.24, 2.45) is 9.98 Å². The van der Waals surface area contributed by atoms with Crippen LogP contribution in [0.2, 0.25) is 0 Å². The molecule has 0 aliphatic rings. The third kappa shape index (κ3) is 4.22. The van der Waals surface area contributed by atoms with Gasteiger partial charge in [-0.05, 0) is 70.4 Å². The van der Waals surface area contributed by atoms with Crippen molar-refractivity contribution < 1.29 is 0 Å². The van der Waals surface area contributed by atoms with E-state index in [1.165, 1.54) is 32.3 Å². The van der Waals surface area contributed by atoms with Gasteiger partial charge in [0.15, 0.2) is 0 Å². The highest BCUT2D eigenvalue weighted by atomic mass is 14.8. The van der Waals surface area contributed by atoms with Gasteiger partial charge in [0.05, 0.1) is 34.2 Å². The van der Waals surface area contributed by atoms with Crippen LogP contribution in [0.4, 0.5) is 11.4 Å². The second-order valence-corrected chi connectivity index (χ2v) is 10.1. The zero-order valence-electron chi connectivity index (χ0n) is 22.5. The number of hydrogen-bond donors (Lipinski definition) is 0. The van der Waals surface area contributed by atoms with Crippen LogP contribution < -0.4 is 0 Å². The Bertz CT molecular complexity index is 1990. The van der Waals surface area contributed by atoms with Crippen molar-refractivity contribution in [1.82, 2.24) is 4.98 Å². The van der Waals surface area contributed by atoms with Crippen molar-refractivity contribution in [1.29, 1.82) is 0 Å². The standard InChI is InChI=1S/C37H27N3/c1-24(38-36-22-26-12-3-5-14-28(26)30-16-7-9-18-32(30)36)34-20-11-21-35(40-34)25(2)39-37-23-27-13-4-6-15-29(27)31-17-8-10-19-33(31)37/h3-23H,1-2H3. The van der Waals surface area contributed by atoms with Crippen LogP contribution in [0.3, 0.4) is 0 Å². The lowest BCUT2D eigenvalue weighted by molar-refractivity contribution is 1.24. The molecule has 0 aliphatic carbocycles. The number of fused-ring (bicyclic) bond motifs is 6. The zero-order chi connectivity index (χ0) is 27.1. The van der Waals surface area contributed by atoms with Gasteiger partial charge in [-0.2, -0.15) is 0 Å². The Morgan fingerprint density at radius 2 is 0.800 bits per heavy atom. The summed E-state index contributed by atoms with van der Waals surface area (Å²) >= 11 is 0. The Labute approximate surface area is 233 Å². The van der Waals surface area contributed by atoms with Crippen molar-refractivity contribution in [3.05, 3.63) is 139 Å². The number of nitrogens with zero attached hydrogens (tertiary/aromatic N) is 3. The van der Waals surface area contributed by atoms with Gasteiger partial charge >= 0.3 is 0 Å². The monoisotopic (exact) mass is 513 g/mol. The highest BCUT2D eigenvalue weighted by Crippen LogP contribution is 2.35. The molecule has 0 N–H and O–H groups in total. The number of aromatic nitrogens is 1. The summed E-state index contributed by atoms with van der Waals surface area (Å²) in [5.74, 6) is 0. The fraction of sp³-hybridized carbons (Fsp3) is 0.0541. The SMILES string of the molecule is CC(=Nc1cc2ccccc2c2ccccc12)c1cccc(C(C)=Nc2cc3ccccc3c3ccccc23)n1. The van der Waals surface area contributed by atoms with Crippen LogP contribution in [-0.4, -0.2) is 16.4 Å². The van der Waals surface area contributed by atoms with Crippen LogP contribution in [0, 0.1) is 0 Å². The van der Waals surface area contributed by atoms with E-state index >= 15 is 0 Å². The number of aliphatic imine (C=N–C) groups is 2. The summed E-state index contributed by atoms with van der Waals surface area (Å²) in [5, 5.41) is 9.53. The molecule has 6 aromatic carbocycles. The maximum Gasteiger partial charge on any atom is 0.0849 e. The summed E-state index contributed by atoms with van der Waals surface area (Å²) in [6.07, 6.45) is 0. The van der Waals surface area contributed by atoms with Crippen LogP contribution >= 0.6 is 0 Å². The van der Waals surface area contributed by atoms with E-state index < -0.39 is 0 Å². The molecule has 0 fully saturated rings. The van der Waals surface area contributed by atoms with Gasteiger partial charge in [-0.3, -0.25) is 9.98 Å². The summed E-state index contributed by atoms with van der Waals surface area (Å²) in [7, 11) is 0. The number of benzene rings is 6. The fourth-order valence-electron chi connectivity index (χ4n) is 5.57. The third-order valence-corrected chi connectivity index (χ3v) is 7.56. The molecule has 0 unspecified atom stereocenters. The first-order valence-electron chi connectivity index (χ1n) is 13.5. The molecule has 0 aliphatic heterocycles. The lowest BCUT2D eigenvalue weighted by Gasteiger charge is -2.10. The van der Waals surface area contributed by atoms with Gasteiger partial charge in [-0.25, -0.2) is 4.98 Å². The van der Waals surface area contributed by atoms with Crippen molar-refractivity contribution in [2.75, 3.05) is 0 Å². The van der Waals surface area contributed by atoms with Gasteiger partial charge in [-0.15, -0.1) is 0 Å². The molecule has 0 amide bonds. The number of hydrogen-bond acceptors (Lipinski definition) is 3. The fourth-order valence-corrected chi connectivity index (χ4v) is 5.57. The highest BCUT2D eigenvalue weighted by molar-refractivity contribution is 6.15. The normalized spacial score (nSPS) is 12.6. The van der Waals surface area contributed by atoms with Crippen molar-refractivity contribution in [3.63, 3.8) is 0 Å².